The summed E-state index contributed by atoms with van der Waals surface area (Å²) in [6.07, 6.45) is 1.61. The summed E-state index contributed by atoms with van der Waals surface area (Å²) in [6.45, 7) is -0.138. The molecule has 0 fully saturated rings. The molecule has 2 aromatic rings. The molecule has 14 nitrogen and oxygen atoms in total. The van der Waals surface area contributed by atoms with Gasteiger partial charge < -0.3 is 30.8 Å². The molecule has 2 unspecified atom stereocenters. The minimum absolute atomic E-state index is 0.353. The number of benzene rings is 2. The quantitative estimate of drug-likeness (QED) is 0.0992. The van der Waals surface area contributed by atoms with Crippen LogP contribution in [-0.4, -0.2) is 62.3 Å². The molecule has 16 heteroatoms. The number of nitrogens with two attached hydrogens (primary N) is 2. The van der Waals surface area contributed by atoms with Crippen LogP contribution < -0.4 is 30.4 Å². The molecular formula is C24H38N4O10S2. The Balaban J connectivity index is 1.60. The largest absolute Gasteiger partial charge is 0.494 e. The van der Waals surface area contributed by atoms with Crippen molar-refractivity contribution in [2.24, 2.45) is 11.5 Å². The van der Waals surface area contributed by atoms with Gasteiger partial charge in [0.15, 0.2) is 6.79 Å². The van der Waals surface area contributed by atoms with Crippen molar-refractivity contribution < 1.29 is 44.5 Å². The Morgan fingerprint density at radius 3 is 1.52 bits per heavy atom. The normalized spacial score (nSPS) is 13.6. The van der Waals surface area contributed by atoms with Gasteiger partial charge in [-0.05, 0) is 61.1 Å². The van der Waals surface area contributed by atoms with Crippen LogP contribution in [0, 0.1) is 0 Å². The van der Waals surface area contributed by atoms with Gasteiger partial charge in [0.05, 0.1) is 38.8 Å². The molecule has 0 saturated heterocycles. The summed E-state index contributed by atoms with van der Waals surface area (Å²) in [5.41, 5.74) is 12.8. The van der Waals surface area contributed by atoms with Crippen LogP contribution in [0.5, 0.6) is 11.5 Å². The molecule has 0 amide bonds. The van der Waals surface area contributed by atoms with Crippen LogP contribution in [-0.2, 0) is 33.7 Å². The number of hydrogen-bond acceptors (Lipinski definition) is 12. The molecule has 40 heavy (non-hydrogen) atoms. The molecule has 2 aromatic carbocycles. The van der Waals surface area contributed by atoms with Crippen molar-refractivity contribution in [3.8, 4) is 11.5 Å². The van der Waals surface area contributed by atoms with Crippen LogP contribution in [0.2, 0.25) is 0 Å². The highest BCUT2D eigenvalue weighted by Crippen LogP contribution is 2.18. The minimum atomic E-state index is -4.06. The summed E-state index contributed by atoms with van der Waals surface area (Å²) in [6, 6.07) is 13.5. The van der Waals surface area contributed by atoms with Gasteiger partial charge >= 0.3 is 20.6 Å². The zero-order chi connectivity index (χ0) is 29.4. The fourth-order valence-corrected chi connectivity index (χ4v) is 4.80. The van der Waals surface area contributed by atoms with Crippen molar-refractivity contribution in [3.63, 3.8) is 0 Å². The van der Waals surface area contributed by atoms with E-state index in [2.05, 4.69) is 22.5 Å². The van der Waals surface area contributed by atoms with E-state index in [9.17, 15) is 16.8 Å². The smallest absolute Gasteiger partial charge is 0.339 e. The van der Waals surface area contributed by atoms with E-state index in [0.717, 1.165) is 25.7 Å². The third-order valence-corrected chi connectivity index (χ3v) is 7.22. The van der Waals surface area contributed by atoms with E-state index in [4.69, 9.17) is 26.0 Å². The van der Waals surface area contributed by atoms with E-state index >= 15 is 0 Å². The molecule has 2 rings (SSSR count). The Bertz CT molecular complexity index is 1100. The van der Waals surface area contributed by atoms with Crippen molar-refractivity contribution in [1.29, 1.82) is 0 Å². The number of methoxy groups -OCH3 is 1. The lowest BCUT2D eigenvalue weighted by atomic mass is 10.2. The van der Waals surface area contributed by atoms with Crippen LogP contribution in [0.1, 0.15) is 49.1 Å². The van der Waals surface area contributed by atoms with Gasteiger partial charge in [-0.3, -0.25) is 4.18 Å². The molecule has 226 valence electrons. The average molecular weight is 607 g/mol. The number of ether oxygens (including phenoxy) is 3. The van der Waals surface area contributed by atoms with Crippen molar-refractivity contribution >= 4 is 20.6 Å². The highest BCUT2D eigenvalue weighted by molar-refractivity contribution is 7.85. The molecular weight excluding hydrogens is 568 g/mol. The zero-order valence-corrected chi connectivity index (χ0v) is 23.9. The molecule has 0 saturated carbocycles. The van der Waals surface area contributed by atoms with Gasteiger partial charge in [-0.2, -0.15) is 26.3 Å². The van der Waals surface area contributed by atoms with Crippen molar-refractivity contribution in [2.75, 3.05) is 40.3 Å². The van der Waals surface area contributed by atoms with Gasteiger partial charge in [0, 0.05) is 7.11 Å². The molecule has 0 spiro atoms. The number of aliphatic hydroxyl groups is 1. The minimum Gasteiger partial charge on any atom is -0.494 e. The van der Waals surface area contributed by atoms with E-state index in [1.165, 1.54) is 7.11 Å². The first-order valence-corrected chi connectivity index (χ1v) is 15.3. The maximum atomic E-state index is 11.7. The fourth-order valence-electron chi connectivity index (χ4n) is 3.25. The monoisotopic (exact) mass is 606 g/mol. The Morgan fingerprint density at radius 2 is 1.12 bits per heavy atom. The van der Waals surface area contributed by atoms with Crippen LogP contribution in [0.25, 0.3) is 0 Å². The van der Waals surface area contributed by atoms with Gasteiger partial charge in [0.2, 0.25) is 0 Å². The summed E-state index contributed by atoms with van der Waals surface area (Å²) in [5.74, 6) is 1.28. The molecule has 0 aliphatic rings. The van der Waals surface area contributed by atoms with Crippen LogP contribution in [0.15, 0.2) is 48.5 Å². The summed E-state index contributed by atoms with van der Waals surface area (Å²) in [5, 5.41) is 8.67. The molecule has 0 heterocycles. The Morgan fingerprint density at radius 1 is 0.700 bits per heavy atom. The first-order valence-electron chi connectivity index (χ1n) is 12.4. The lowest BCUT2D eigenvalue weighted by molar-refractivity contribution is 0.0543. The number of rotatable bonds is 21. The summed E-state index contributed by atoms with van der Waals surface area (Å²) in [4.78, 5) is 0. The lowest BCUT2D eigenvalue weighted by Crippen LogP contribution is -2.35. The molecule has 0 aliphatic heterocycles. The second-order valence-corrected chi connectivity index (χ2v) is 11.2. The SMILES string of the molecule is COCOS(=O)(=O)NC(N)c1ccc(OCCCCCCOc2ccc(C(N)NS(=O)(=O)OCCO)cc2)cc1. The van der Waals surface area contributed by atoms with E-state index in [1.807, 2.05) is 0 Å². The van der Waals surface area contributed by atoms with Gasteiger partial charge in [0.1, 0.15) is 11.5 Å². The molecule has 0 radical (unpaired) electrons. The van der Waals surface area contributed by atoms with Crippen molar-refractivity contribution in [2.45, 2.75) is 38.0 Å². The van der Waals surface area contributed by atoms with Gasteiger partial charge in [-0.15, -0.1) is 0 Å². The van der Waals surface area contributed by atoms with Crippen molar-refractivity contribution in [3.05, 3.63) is 59.7 Å². The first-order chi connectivity index (χ1) is 19.0. The highest BCUT2D eigenvalue weighted by Gasteiger charge is 2.18. The summed E-state index contributed by atoms with van der Waals surface area (Å²) < 4.78 is 76.3. The number of hydrogen-bond donors (Lipinski definition) is 5. The number of nitrogens with one attached hydrogen (secondary N) is 2. The highest BCUT2D eigenvalue weighted by atomic mass is 32.2. The summed E-state index contributed by atoms with van der Waals surface area (Å²) >= 11 is 0. The van der Waals surface area contributed by atoms with Crippen molar-refractivity contribution in [1.82, 2.24) is 9.44 Å². The molecule has 7 N–H and O–H groups in total. The topological polar surface area (TPSA) is 211 Å². The van der Waals surface area contributed by atoms with Crippen LogP contribution >= 0.6 is 0 Å². The predicted octanol–water partition coefficient (Wildman–Crippen LogP) is 0.918. The van der Waals surface area contributed by atoms with E-state index < -0.39 is 46.3 Å². The van der Waals surface area contributed by atoms with Crippen LogP contribution in [0.4, 0.5) is 0 Å². The van der Waals surface area contributed by atoms with E-state index in [1.54, 1.807) is 48.5 Å². The van der Waals surface area contributed by atoms with Gasteiger partial charge in [0.25, 0.3) is 0 Å². The Labute approximate surface area is 235 Å². The average Bonchev–Trinajstić information content (AvgIpc) is 2.92. The maximum absolute atomic E-state index is 11.7. The van der Waals surface area contributed by atoms with E-state index in [-0.39, 0.29) is 6.61 Å². The van der Waals surface area contributed by atoms with E-state index in [0.29, 0.717) is 35.8 Å². The predicted molar refractivity (Wildman–Crippen MR) is 146 cm³/mol. The number of aliphatic hydroxyl groups excluding tert-OH is 1. The molecule has 0 aliphatic carbocycles. The molecule has 2 atom stereocenters. The maximum Gasteiger partial charge on any atom is 0.339 e. The second-order valence-electron chi connectivity index (χ2n) is 8.42. The Hall–Kier alpha value is -2.38. The third kappa shape index (κ3) is 13.3. The Kier molecular flexibility index (Phi) is 14.7. The third-order valence-electron chi connectivity index (χ3n) is 5.25. The fraction of sp³-hybridized carbons (Fsp3) is 0.500. The molecule has 0 bridgehead atoms. The zero-order valence-electron chi connectivity index (χ0n) is 22.2. The first kappa shape index (κ1) is 33.8. The second kappa shape index (κ2) is 17.4. The standard InChI is InChI=1S/C24H38N4O10S2/c1-34-18-38-40(32,33)28-24(26)20-8-12-22(13-9-20)36-16-5-3-2-4-15-35-21-10-6-19(7-11-21)23(25)27-39(30,31)37-17-14-29/h6-13,23-24,27-29H,2-5,14-18,25-26H2,1H3. The lowest BCUT2D eigenvalue weighted by Gasteiger charge is -2.15. The summed E-state index contributed by atoms with van der Waals surface area (Å²) in [7, 11) is -6.79. The van der Waals surface area contributed by atoms with Crippen LogP contribution in [0.3, 0.4) is 0 Å². The molecule has 0 aromatic heterocycles. The van der Waals surface area contributed by atoms with Gasteiger partial charge in [-0.1, -0.05) is 24.3 Å². The number of unbranched alkanes of at least 4 members (excludes halogenated alkanes) is 3. The van der Waals surface area contributed by atoms with Gasteiger partial charge in [-0.25, -0.2) is 4.18 Å².